The number of anilines is 1. The number of nitrogens with one attached hydrogen (secondary N) is 1. The molecule has 4 aromatic heterocycles. The second-order valence-corrected chi connectivity index (χ2v) is 8.59. The van der Waals surface area contributed by atoms with Crippen LogP contribution in [0.25, 0.3) is 28.0 Å². The Kier molecular flexibility index (Phi) is 4.93. The van der Waals surface area contributed by atoms with Crippen molar-refractivity contribution in [3.8, 4) is 22.4 Å². The van der Waals surface area contributed by atoms with Crippen LogP contribution in [-0.4, -0.2) is 40.9 Å². The van der Waals surface area contributed by atoms with Gasteiger partial charge in [0.15, 0.2) is 5.65 Å². The number of aliphatic carboxylic acids is 1. The Hall–Kier alpha value is -3.27. The van der Waals surface area contributed by atoms with E-state index in [1.165, 1.54) is 0 Å². The van der Waals surface area contributed by atoms with Crippen LogP contribution in [-0.2, 0) is 4.79 Å². The maximum Gasteiger partial charge on any atom is 0.306 e. The van der Waals surface area contributed by atoms with E-state index in [0.29, 0.717) is 24.3 Å². The summed E-state index contributed by atoms with van der Waals surface area (Å²) in [7, 11) is 0. The number of nitrogen functional groups attached to an aromatic ring is 1. The summed E-state index contributed by atoms with van der Waals surface area (Å²) in [4.78, 5) is 20.8. The molecule has 31 heavy (non-hydrogen) atoms. The summed E-state index contributed by atoms with van der Waals surface area (Å²) in [6.07, 6.45) is 9.87. The smallest absolute Gasteiger partial charge is 0.306 e. The van der Waals surface area contributed by atoms with Crippen LogP contribution in [0.5, 0.6) is 0 Å². The number of nitrogens with two attached hydrogens (primary N) is 1. The van der Waals surface area contributed by atoms with Crippen molar-refractivity contribution in [1.29, 1.82) is 0 Å². The zero-order valence-corrected chi connectivity index (χ0v) is 18.1. The Morgan fingerprint density at radius 3 is 2.61 bits per heavy atom. The number of carboxylic acids is 1. The largest absolute Gasteiger partial charge is 0.481 e. The number of carbonyl (C=O) groups is 1. The first-order valence-electron chi connectivity index (χ1n) is 10.0. The van der Waals surface area contributed by atoms with Crippen LogP contribution in [0.2, 0.25) is 0 Å². The number of carboxylic acid groups (broad SMARTS) is 1. The van der Waals surface area contributed by atoms with Crippen molar-refractivity contribution >= 4 is 33.4 Å². The fourth-order valence-electron chi connectivity index (χ4n) is 4.22. The summed E-state index contributed by atoms with van der Waals surface area (Å²) in [6, 6.07) is 3.91. The number of H-pyrrole nitrogens is 1. The van der Waals surface area contributed by atoms with Crippen LogP contribution in [0.1, 0.15) is 37.3 Å². The quantitative estimate of drug-likeness (QED) is 0.402. The summed E-state index contributed by atoms with van der Waals surface area (Å²) in [5, 5.41) is 20.5. The molecule has 0 bridgehead atoms. The molecular weight excluding hydrogens is 462 g/mol. The van der Waals surface area contributed by atoms with E-state index in [-0.39, 0.29) is 11.8 Å². The first-order valence-corrected chi connectivity index (χ1v) is 10.8. The number of aromatic amines is 1. The van der Waals surface area contributed by atoms with Gasteiger partial charge in [-0.3, -0.25) is 14.9 Å². The summed E-state index contributed by atoms with van der Waals surface area (Å²) in [5.41, 5.74) is 11.4. The van der Waals surface area contributed by atoms with Crippen molar-refractivity contribution in [1.82, 2.24) is 29.8 Å². The third-order valence-corrected chi connectivity index (χ3v) is 6.79. The van der Waals surface area contributed by atoms with Crippen molar-refractivity contribution in [2.45, 2.75) is 31.6 Å². The fourth-order valence-corrected chi connectivity index (χ4v) is 4.80. The minimum Gasteiger partial charge on any atom is -0.481 e. The van der Waals surface area contributed by atoms with Crippen LogP contribution < -0.4 is 5.73 Å². The highest BCUT2D eigenvalue weighted by Crippen LogP contribution is 2.40. The van der Waals surface area contributed by atoms with Crippen molar-refractivity contribution in [2.24, 2.45) is 5.92 Å². The predicted molar refractivity (Wildman–Crippen MR) is 118 cm³/mol. The molecule has 0 atom stereocenters. The average Bonchev–Trinajstić information content (AvgIpc) is 3.47. The van der Waals surface area contributed by atoms with E-state index in [9.17, 15) is 9.90 Å². The van der Waals surface area contributed by atoms with Crippen LogP contribution in [0.3, 0.4) is 0 Å². The summed E-state index contributed by atoms with van der Waals surface area (Å²) < 4.78 is 2.34. The number of halogens is 1. The van der Waals surface area contributed by atoms with Crippen molar-refractivity contribution in [2.75, 3.05) is 5.73 Å². The topological polar surface area (TPSA) is 135 Å². The number of nitrogens with zero attached hydrogens (tertiary/aromatic N) is 5. The van der Waals surface area contributed by atoms with E-state index in [4.69, 9.17) is 10.7 Å². The van der Waals surface area contributed by atoms with Gasteiger partial charge in [-0.15, -0.1) is 0 Å². The van der Waals surface area contributed by atoms with Gasteiger partial charge in [-0.05, 0) is 47.7 Å². The first-order chi connectivity index (χ1) is 15.0. The number of pyridine rings is 1. The monoisotopic (exact) mass is 481 g/mol. The molecular formula is C21H20BrN7O2. The molecule has 4 heterocycles. The normalized spacial score (nSPS) is 19.0. The molecule has 0 radical (unpaired) electrons. The molecule has 0 saturated heterocycles. The molecule has 1 saturated carbocycles. The van der Waals surface area contributed by atoms with Gasteiger partial charge in [-0.2, -0.15) is 14.7 Å². The Labute approximate surface area is 185 Å². The molecule has 1 aliphatic carbocycles. The molecule has 9 nitrogen and oxygen atoms in total. The van der Waals surface area contributed by atoms with Gasteiger partial charge in [0.1, 0.15) is 5.82 Å². The minimum absolute atomic E-state index is 0.154. The molecule has 0 unspecified atom stereocenters. The number of rotatable bonds is 4. The zero-order chi connectivity index (χ0) is 21.5. The van der Waals surface area contributed by atoms with Crippen LogP contribution in [0, 0.1) is 5.92 Å². The molecule has 10 heteroatoms. The van der Waals surface area contributed by atoms with E-state index in [1.807, 2.05) is 12.1 Å². The average molecular weight is 482 g/mol. The Morgan fingerprint density at radius 2 is 1.97 bits per heavy atom. The maximum atomic E-state index is 11.3. The lowest BCUT2D eigenvalue weighted by molar-refractivity contribution is -0.142. The fraction of sp³-hybridized carbons (Fsp3) is 0.286. The highest BCUT2D eigenvalue weighted by atomic mass is 79.9. The number of fused-ring (bicyclic) bond motifs is 1. The molecule has 0 amide bonds. The molecule has 1 fully saturated rings. The molecule has 0 aliphatic heterocycles. The maximum absolute atomic E-state index is 11.3. The van der Waals surface area contributed by atoms with Gasteiger partial charge in [-0.1, -0.05) is 6.07 Å². The van der Waals surface area contributed by atoms with E-state index in [2.05, 4.69) is 36.2 Å². The Bertz CT molecular complexity index is 1240. The summed E-state index contributed by atoms with van der Waals surface area (Å²) in [5.74, 6) is -0.359. The Morgan fingerprint density at radius 1 is 1.16 bits per heavy atom. The standard InChI is InChI=1S/C21H20BrN7O2/c22-17-18(11-1-3-12(4-2-11)21(30)31)28-20-15(10-27-29(20)19(17)23)13-5-6-16(24-7-13)14-8-25-26-9-14/h5-12H,1-4,23H2,(H,25,26)(H,30,31). The summed E-state index contributed by atoms with van der Waals surface area (Å²) in [6.45, 7) is 0. The highest BCUT2D eigenvalue weighted by molar-refractivity contribution is 9.10. The number of aromatic nitrogens is 6. The highest BCUT2D eigenvalue weighted by Gasteiger charge is 2.30. The van der Waals surface area contributed by atoms with Gasteiger partial charge in [0, 0.05) is 35.0 Å². The van der Waals surface area contributed by atoms with Crippen molar-refractivity contribution in [3.05, 3.63) is 47.1 Å². The van der Waals surface area contributed by atoms with E-state index >= 15 is 0 Å². The molecule has 0 aromatic carbocycles. The van der Waals surface area contributed by atoms with E-state index in [0.717, 1.165) is 45.4 Å². The number of hydrogen-bond donors (Lipinski definition) is 3. The van der Waals surface area contributed by atoms with Crippen molar-refractivity contribution < 1.29 is 9.90 Å². The van der Waals surface area contributed by atoms with E-state index < -0.39 is 5.97 Å². The molecule has 1 aliphatic rings. The predicted octanol–water partition coefficient (Wildman–Crippen LogP) is 3.88. The third kappa shape index (κ3) is 3.46. The lowest BCUT2D eigenvalue weighted by atomic mass is 9.80. The lowest BCUT2D eigenvalue weighted by Crippen LogP contribution is -2.21. The first kappa shape index (κ1) is 19.7. The minimum atomic E-state index is -0.718. The van der Waals surface area contributed by atoms with Gasteiger partial charge < -0.3 is 10.8 Å². The lowest BCUT2D eigenvalue weighted by Gasteiger charge is -2.26. The van der Waals surface area contributed by atoms with Gasteiger partial charge in [0.2, 0.25) is 0 Å². The molecule has 158 valence electrons. The zero-order valence-electron chi connectivity index (χ0n) is 16.5. The van der Waals surface area contributed by atoms with Crippen molar-refractivity contribution in [3.63, 3.8) is 0 Å². The Balaban J connectivity index is 1.52. The number of hydrogen-bond acceptors (Lipinski definition) is 6. The second-order valence-electron chi connectivity index (χ2n) is 7.80. The molecule has 4 aromatic rings. The van der Waals surface area contributed by atoms with Crippen LogP contribution in [0.15, 0.2) is 41.4 Å². The molecule has 0 spiro atoms. The van der Waals surface area contributed by atoms with Crippen LogP contribution in [0.4, 0.5) is 5.82 Å². The van der Waals surface area contributed by atoms with Gasteiger partial charge in [0.05, 0.1) is 34.2 Å². The van der Waals surface area contributed by atoms with E-state index in [1.54, 1.807) is 29.3 Å². The SMILES string of the molecule is Nc1c(Br)c(C2CCC(C(=O)O)CC2)nc2c(-c3ccc(-c4cn[nH]c4)nc3)cnn12. The van der Waals surface area contributed by atoms with Gasteiger partial charge >= 0.3 is 5.97 Å². The van der Waals surface area contributed by atoms with Gasteiger partial charge in [0.25, 0.3) is 0 Å². The van der Waals surface area contributed by atoms with Crippen LogP contribution >= 0.6 is 15.9 Å². The molecule has 4 N–H and O–H groups in total. The third-order valence-electron chi connectivity index (χ3n) is 5.98. The van der Waals surface area contributed by atoms with Gasteiger partial charge in [-0.25, -0.2) is 4.98 Å². The second kappa shape index (κ2) is 7.77. The summed E-state index contributed by atoms with van der Waals surface area (Å²) >= 11 is 3.59. The molecule has 5 rings (SSSR count).